The summed E-state index contributed by atoms with van der Waals surface area (Å²) in [6.07, 6.45) is 0. The highest BCUT2D eigenvalue weighted by Crippen LogP contribution is 2.42. The van der Waals surface area contributed by atoms with Gasteiger partial charge in [0.1, 0.15) is 6.04 Å². The Morgan fingerprint density at radius 1 is 0.362 bits per heavy atom. The van der Waals surface area contributed by atoms with Crippen molar-refractivity contribution in [3.8, 4) is 0 Å². The van der Waals surface area contributed by atoms with Crippen LogP contribution in [0.2, 0.25) is 0 Å². The van der Waals surface area contributed by atoms with Gasteiger partial charge < -0.3 is 14.3 Å². The molecule has 0 atom stereocenters. The van der Waals surface area contributed by atoms with E-state index in [1.165, 1.54) is 61.8 Å². The number of piperazine rings is 3. The second-order valence-electron chi connectivity index (χ2n) is 12.8. The van der Waals surface area contributed by atoms with Crippen molar-refractivity contribution in [3.63, 3.8) is 0 Å². The van der Waals surface area contributed by atoms with Gasteiger partial charge in [0, 0.05) is 64.9 Å². The van der Waals surface area contributed by atoms with E-state index in [2.05, 4.69) is 185 Å². The Kier molecular flexibility index (Phi) is 8.04. The van der Waals surface area contributed by atoms with Crippen LogP contribution in [0.1, 0.15) is 17.2 Å². The van der Waals surface area contributed by atoms with Crippen molar-refractivity contribution in [1.29, 1.82) is 0 Å². The predicted octanol–water partition coefficient (Wildman–Crippen LogP) is 9.86. The minimum atomic E-state index is 0.282. The van der Waals surface area contributed by atoms with Crippen LogP contribution in [0.5, 0.6) is 0 Å². The van der Waals surface area contributed by atoms with Gasteiger partial charge >= 0.3 is 0 Å². The largest absolute Gasteiger partial charge is 0.311 e. The lowest BCUT2D eigenvalue weighted by atomic mass is 9.91. The monoisotopic (exact) mass is 613 g/mol. The fraction of sp³-hybridized carbons (Fsp3) is 0.163. The molecule has 4 nitrogen and oxygen atoms in total. The summed E-state index contributed by atoms with van der Waals surface area (Å²) in [5.74, 6) is 0. The molecule has 0 aliphatic carbocycles. The fourth-order valence-electron chi connectivity index (χ4n) is 7.72. The molecule has 0 N–H and O–H groups in total. The summed E-state index contributed by atoms with van der Waals surface area (Å²) in [5, 5.41) is 0. The highest BCUT2D eigenvalue weighted by Gasteiger charge is 2.45. The van der Waals surface area contributed by atoms with Crippen molar-refractivity contribution in [2.24, 2.45) is 0 Å². The molecule has 0 unspecified atom stereocenters. The second-order valence-corrected chi connectivity index (χ2v) is 12.8. The van der Waals surface area contributed by atoms with E-state index in [0.717, 1.165) is 27.2 Å². The van der Waals surface area contributed by atoms with Crippen LogP contribution in [0.4, 0.5) is 34.1 Å². The van der Waals surface area contributed by atoms with Crippen LogP contribution in [-0.2, 0) is 0 Å². The van der Waals surface area contributed by atoms with E-state index in [-0.39, 0.29) is 6.04 Å². The zero-order chi connectivity index (χ0) is 31.5. The molecule has 6 aromatic carbocycles. The average molecular weight is 614 g/mol. The van der Waals surface area contributed by atoms with Crippen molar-refractivity contribution in [1.82, 2.24) is 4.90 Å². The Hall–Kier alpha value is -5.16. The number of benzene rings is 6. The maximum atomic E-state index is 2.64. The molecule has 6 aromatic rings. The normalized spacial score (nSPS) is 18.6. The molecular weight excluding hydrogens is 573 g/mol. The zero-order valence-electron chi connectivity index (χ0n) is 26.8. The summed E-state index contributed by atoms with van der Waals surface area (Å²) < 4.78 is 1.12. The highest BCUT2D eigenvalue weighted by atomic mass is 15.5. The van der Waals surface area contributed by atoms with Gasteiger partial charge in [-0.2, -0.15) is 0 Å². The smallest absolute Gasteiger partial charge is 0.141 e. The average Bonchev–Trinajstić information content (AvgIpc) is 3.16. The Morgan fingerprint density at radius 2 is 0.638 bits per heavy atom. The van der Waals surface area contributed by atoms with Crippen molar-refractivity contribution in [2.45, 2.75) is 6.04 Å². The Balaban J connectivity index is 1.18. The molecule has 0 aromatic heterocycles. The molecule has 4 heteroatoms. The molecule has 232 valence electrons. The number of quaternary nitrogens is 1. The quantitative estimate of drug-likeness (QED) is 0.150. The first-order chi connectivity index (χ1) is 23.3. The number of para-hydroxylation sites is 4. The lowest BCUT2D eigenvalue weighted by molar-refractivity contribution is -0.963. The number of hydrogen-bond donors (Lipinski definition) is 0. The maximum Gasteiger partial charge on any atom is 0.141 e. The number of hydrogen-bond acceptors (Lipinski definition) is 3. The van der Waals surface area contributed by atoms with Crippen LogP contribution in [0.15, 0.2) is 170 Å². The summed E-state index contributed by atoms with van der Waals surface area (Å²) >= 11 is 0. The SMILES string of the molecule is c1ccc(N(c2ccccc2)c2ccc(C(c3ccc(N(c4ccccc4)c4ccccc4)cc3)[N+]34CCN(CC3)CC4)cc2)cc1. The van der Waals surface area contributed by atoms with Gasteiger partial charge in [0.2, 0.25) is 0 Å². The van der Waals surface area contributed by atoms with Gasteiger partial charge in [0.15, 0.2) is 0 Å². The molecule has 3 aliphatic rings. The van der Waals surface area contributed by atoms with Crippen molar-refractivity contribution < 1.29 is 4.48 Å². The molecule has 3 heterocycles. The third-order valence-electron chi connectivity index (χ3n) is 10.1. The maximum absolute atomic E-state index is 2.64. The number of nitrogens with zero attached hydrogens (tertiary/aromatic N) is 4. The van der Waals surface area contributed by atoms with E-state index in [1.54, 1.807) is 0 Å². The Morgan fingerprint density at radius 3 is 0.936 bits per heavy atom. The molecule has 0 amide bonds. The van der Waals surface area contributed by atoms with Gasteiger partial charge in [-0.1, -0.05) is 97.1 Å². The summed E-state index contributed by atoms with van der Waals surface area (Å²) in [5.41, 5.74) is 9.77. The van der Waals surface area contributed by atoms with Crippen molar-refractivity contribution in [3.05, 3.63) is 181 Å². The molecular formula is C43H41N4+. The minimum Gasteiger partial charge on any atom is -0.311 e. The lowest BCUT2D eigenvalue weighted by Crippen LogP contribution is -2.68. The van der Waals surface area contributed by atoms with Gasteiger partial charge in [-0.3, -0.25) is 4.90 Å². The third kappa shape index (κ3) is 5.83. The Bertz CT molecular complexity index is 1650. The first-order valence-corrected chi connectivity index (χ1v) is 16.9. The standard InChI is InChI=1S/C43H41N4/c1-5-13-37(14-6-1)45(38-15-7-2-8-16-38)41-25-21-35(22-26-41)43(47-32-29-44(30-33-47)31-34-47)36-23-27-42(28-24-36)46(39-17-9-3-10-18-39)40-19-11-4-12-20-40/h1-28,43H,29-34H2/q+1. The van der Waals surface area contributed by atoms with E-state index < -0.39 is 0 Å². The molecule has 3 aliphatic heterocycles. The van der Waals surface area contributed by atoms with Gasteiger partial charge in [-0.15, -0.1) is 0 Å². The summed E-state index contributed by atoms with van der Waals surface area (Å²) in [4.78, 5) is 7.33. The van der Waals surface area contributed by atoms with Crippen molar-refractivity contribution >= 4 is 34.1 Å². The van der Waals surface area contributed by atoms with E-state index in [1.807, 2.05) is 0 Å². The second kappa shape index (κ2) is 12.9. The van der Waals surface area contributed by atoms with Gasteiger partial charge in [0.25, 0.3) is 0 Å². The van der Waals surface area contributed by atoms with Gasteiger partial charge in [-0.25, -0.2) is 0 Å². The Labute approximate surface area is 279 Å². The third-order valence-corrected chi connectivity index (χ3v) is 10.1. The summed E-state index contributed by atoms with van der Waals surface area (Å²) in [7, 11) is 0. The number of anilines is 6. The predicted molar refractivity (Wildman–Crippen MR) is 195 cm³/mol. The van der Waals surface area contributed by atoms with E-state index in [9.17, 15) is 0 Å². The van der Waals surface area contributed by atoms with Crippen LogP contribution in [-0.4, -0.2) is 48.7 Å². The molecule has 3 fully saturated rings. The zero-order valence-corrected chi connectivity index (χ0v) is 26.8. The number of rotatable bonds is 9. The van der Waals surface area contributed by atoms with Crippen LogP contribution in [0.3, 0.4) is 0 Å². The molecule has 0 saturated carbocycles. The highest BCUT2D eigenvalue weighted by molar-refractivity contribution is 5.77. The first kappa shape index (κ1) is 29.3. The lowest BCUT2D eigenvalue weighted by Gasteiger charge is -2.54. The van der Waals surface area contributed by atoms with Crippen molar-refractivity contribution in [2.75, 3.05) is 49.1 Å². The van der Waals surface area contributed by atoms with Gasteiger partial charge in [-0.05, 0) is 72.8 Å². The van der Waals surface area contributed by atoms with Crippen LogP contribution >= 0.6 is 0 Å². The van der Waals surface area contributed by atoms with Crippen LogP contribution in [0.25, 0.3) is 0 Å². The minimum absolute atomic E-state index is 0.282. The fourth-order valence-corrected chi connectivity index (χ4v) is 7.72. The van der Waals surface area contributed by atoms with Crippen LogP contribution in [0, 0.1) is 0 Å². The molecule has 3 saturated heterocycles. The molecule has 0 radical (unpaired) electrons. The topological polar surface area (TPSA) is 9.72 Å². The van der Waals surface area contributed by atoms with E-state index in [4.69, 9.17) is 0 Å². The van der Waals surface area contributed by atoms with Crippen LogP contribution < -0.4 is 9.80 Å². The van der Waals surface area contributed by atoms with E-state index >= 15 is 0 Å². The summed E-state index contributed by atoms with van der Waals surface area (Å²) in [6.45, 7) is 7.10. The van der Waals surface area contributed by atoms with Gasteiger partial charge in [0.05, 0.1) is 19.6 Å². The molecule has 0 spiro atoms. The van der Waals surface area contributed by atoms with E-state index in [0.29, 0.717) is 0 Å². The molecule has 9 rings (SSSR count). The molecule has 47 heavy (non-hydrogen) atoms. The molecule has 2 bridgehead atoms. The summed E-state index contributed by atoms with van der Waals surface area (Å²) in [6, 6.07) is 61.8. The number of fused-ring (bicyclic) bond motifs is 3. The first-order valence-electron chi connectivity index (χ1n) is 16.9.